The average molecular weight is 632 g/mol. The van der Waals surface area contributed by atoms with Crippen LogP contribution >= 0.6 is 0 Å². The summed E-state index contributed by atoms with van der Waals surface area (Å²) in [6.45, 7) is 9.92. The monoisotopic (exact) mass is 631 g/mol. The molecule has 1 fully saturated rings. The normalized spacial score (nSPS) is 19.1. The number of hydrogen-bond acceptors (Lipinski definition) is 4. The number of alkyl halides is 6. The van der Waals surface area contributed by atoms with E-state index in [-0.39, 0.29) is 39.3 Å². The van der Waals surface area contributed by atoms with Crippen molar-refractivity contribution in [3.8, 4) is 11.5 Å². The first-order valence-electron chi connectivity index (χ1n) is 13.1. The smallest absolute Gasteiger partial charge is 0.872 e. The van der Waals surface area contributed by atoms with Crippen LogP contribution in [0.1, 0.15) is 101 Å². The first-order valence-corrected chi connectivity index (χ1v) is 13.1. The van der Waals surface area contributed by atoms with Crippen LogP contribution < -0.4 is 10.2 Å². The maximum absolute atomic E-state index is 13.6. The molecule has 0 aromatic heterocycles. The maximum atomic E-state index is 13.6. The second-order valence-electron chi connectivity index (χ2n) is 12.4. The van der Waals surface area contributed by atoms with Crippen LogP contribution in [0.3, 0.4) is 0 Å². The molecule has 1 aliphatic carbocycles. The van der Waals surface area contributed by atoms with Gasteiger partial charge in [-0.15, -0.1) is 0 Å². The summed E-state index contributed by atoms with van der Waals surface area (Å²) in [4.78, 5) is 8.85. The van der Waals surface area contributed by atoms with Gasteiger partial charge in [-0.2, -0.15) is 26.3 Å². The van der Waals surface area contributed by atoms with E-state index in [1.165, 1.54) is 0 Å². The SMILES string of the molecule is CC(C)(C)c1cc(C(F)(F)F)cc(C=N[C@@H]2CCCC[C@H]2N=Cc2cc(C(F)(F)F)cc(C(C)(C)C)c2[O-])c1[O-].[Cu+2]. The van der Waals surface area contributed by atoms with Gasteiger partial charge in [0.15, 0.2) is 0 Å². The minimum atomic E-state index is -4.65. The van der Waals surface area contributed by atoms with Crippen molar-refractivity contribution in [1.82, 2.24) is 0 Å². The van der Waals surface area contributed by atoms with Crippen molar-refractivity contribution in [1.29, 1.82) is 0 Å². The molecule has 2 aromatic carbocycles. The fourth-order valence-corrected chi connectivity index (χ4v) is 4.73. The van der Waals surface area contributed by atoms with Gasteiger partial charge in [-0.1, -0.05) is 65.9 Å². The minimum absolute atomic E-state index is 0. The summed E-state index contributed by atoms with van der Waals surface area (Å²) in [7, 11) is 0. The molecule has 229 valence electrons. The number of rotatable bonds is 4. The standard InChI is InChI=1S/C30H36F6N2O2.Cu/c1-27(2,3)21-13-19(29(31,32)33)11-17(25(21)39)15-37-23-9-7-8-10-24(23)38-16-18-12-20(30(34,35)36)14-22(26(18)40)28(4,5)6;/h11-16,23-24,39-40H,7-10H2,1-6H3;/q;+2/p-2/t23-,24-;/m1./s1. The summed E-state index contributed by atoms with van der Waals surface area (Å²) in [5.41, 5.74) is -3.90. The third kappa shape index (κ3) is 8.51. The summed E-state index contributed by atoms with van der Waals surface area (Å²) in [5.74, 6) is -1.09. The van der Waals surface area contributed by atoms with E-state index >= 15 is 0 Å². The van der Waals surface area contributed by atoms with Crippen LogP contribution in [0.5, 0.6) is 11.5 Å². The Bertz CT molecular complexity index is 1190. The largest absolute Gasteiger partial charge is 2.00 e. The van der Waals surface area contributed by atoms with E-state index in [0.717, 1.165) is 49.5 Å². The first-order chi connectivity index (χ1) is 18.2. The van der Waals surface area contributed by atoms with Gasteiger partial charge in [-0.3, -0.25) is 9.98 Å². The summed E-state index contributed by atoms with van der Waals surface area (Å²) in [6.07, 6.45) is -4.44. The minimum Gasteiger partial charge on any atom is -0.872 e. The van der Waals surface area contributed by atoms with Gasteiger partial charge >= 0.3 is 29.4 Å². The molecule has 1 saturated carbocycles. The zero-order chi connectivity index (χ0) is 30.3. The molecule has 0 amide bonds. The van der Waals surface area contributed by atoms with Crippen molar-refractivity contribution in [3.63, 3.8) is 0 Å². The molecule has 1 radical (unpaired) electrons. The fraction of sp³-hybridized carbons (Fsp3) is 0.533. The Balaban J connectivity index is 0.00000588. The number of aliphatic imine (C=N–C) groups is 2. The van der Waals surface area contributed by atoms with Crippen molar-refractivity contribution < 1.29 is 53.6 Å². The molecule has 2 atom stereocenters. The van der Waals surface area contributed by atoms with Crippen LogP contribution in [0.4, 0.5) is 26.3 Å². The number of halogens is 6. The Morgan fingerprint density at radius 1 is 0.634 bits per heavy atom. The van der Waals surface area contributed by atoms with Crippen LogP contribution in [0, 0.1) is 0 Å². The molecular weight excluding hydrogens is 598 g/mol. The molecule has 0 aliphatic heterocycles. The van der Waals surface area contributed by atoms with Gasteiger partial charge in [0.1, 0.15) is 0 Å². The predicted molar refractivity (Wildman–Crippen MR) is 140 cm³/mol. The van der Waals surface area contributed by atoms with Crippen molar-refractivity contribution in [2.75, 3.05) is 0 Å². The van der Waals surface area contributed by atoms with Gasteiger partial charge in [0, 0.05) is 12.4 Å². The fourth-order valence-electron chi connectivity index (χ4n) is 4.73. The summed E-state index contributed by atoms with van der Waals surface area (Å²) in [6, 6.07) is 2.27. The van der Waals surface area contributed by atoms with E-state index in [4.69, 9.17) is 0 Å². The molecule has 0 bridgehead atoms. The van der Waals surface area contributed by atoms with Crippen molar-refractivity contribution >= 4 is 12.4 Å². The summed E-state index contributed by atoms with van der Waals surface area (Å²) in [5, 5.41) is 26.0. The molecule has 11 heteroatoms. The Labute approximate surface area is 247 Å². The van der Waals surface area contributed by atoms with Gasteiger partial charge in [-0.25, -0.2) is 0 Å². The number of benzene rings is 2. The Morgan fingerprint density at radius 3 is 1.22 bits per heavy atom. The van der Waals surface area contributed by atoms with E-state index in [9.17, 15) is 36.6 Å². The van der Waals surface area contributed by atoms with Crippen LogP contribution in [0.2, 0.25) is 0 Å². The van der Waals surface area contributed by atoms with Crippen LogP contribution in [0.25, 0.3) is 0 Å². The molecule has 2 aromatic rings. The van der Waals surface area contributed by atoms with Crippen molar-refractivity contribution in [2.24, 2.45) is 9.98 Å². The zero-order valence-corrected chi connectivity index (χ0v) is 24.7. The van der Waals surface area contributed by atoms with Crippen LogP contribution in [-0.2, 0) is 40.3 Å². The van der Waals surface area contributed by atoms with Crippen LogP contribution in [-0.4, -0.2) is 24.5 Å². The Hall–Kier alpha value is -2.52. The van der Waals surface area contributed by atoms with Crippen LogP contribution in [0.15, 0.2) is 34.3 Å². The topological polar surface area (TPSA) is 70.8 Å². The van der Waals surface area contributed by atoms with Gasteiger partial charge in [-0.05, 0) is 70.2 Å². The predicted octanol–water partition coefficient (Wildman–Crippen LogP) is 7.31. The Kier molecular flexibility index (Phi) is 10.5. The molecule has 0 unspecified atom stereocenters. The molecule has 3 rings (SSSR count). The van der Waals surface area contributed by atoms with Gasteiger partial charge < -0.3 is 10.2 Å². The molecule has 41 heavy (non-hydrogen) atoms. The van der Waals surface area contributed by atoms with Crippen molar-refractivity contribution in [3.05, 3.63) is 57.6 Å². The number of nitrogens with zero attached hydrogens (tertiary/aromatic N) is 2. The van der Waals surface area contributed by atoms with E-state index in [2.05, 4.69) is 9.98 Å². The third-order valence-electron chi connectivity index (χ3n) is 7.01. The zero-order valence-electron chi connectivity index (χ0n) is 23.7. The van der Waals surface area contributed by atoms with E-state index in [0.29, 0.717) is 12.8 Å². The summed E-state index contributed by atoms with van der Waals surface area (Å²) >= 11 is 0. The molecule has 0 heterocycles. The van der Waals surface area contributed by atoms with Crippen molar-refractivity contribution in [2.45, 2.75) is 102 Å². The molecular formula is C30H34CuF6N2O2. The average Bonchev–Trinajstić information content (AvgIpc) is 2.80. The van der Waals surface area contributed by atoms with E-state index < -0.39 is 57.9 Å². The van der Waals surface area contributed by atoms with E-state index in [1.54, 1.807) is 41.5 Å². The molecule has 0 saturated heterocycles. The maximum Gasteiger partial charge on any atom is 2.00 e. The second-order valence-corrected chi connectivity index (χ2v) is 12.4. The summed E-state index contributed by atoms with van der Waals surface area (Å²) < 4.78 is 81.4. The molecule has 4 nitrogen and oxygen atoms in total. The van der Waals surface area contributed by atoms with Gasteiger partial charge in [0.2, 0.25) is 0 Å². The number of hydrogen-bond donors (Lipinski definition) is 0. The second kappa shape index (κ2) is 12.4. The third-order valence-corrected chi connectivity index (χ3v) is 7.01. The van der Waals surface area contributed by atoms with E-state index in [1.807, 2.05) is 0 Å². The van der Waals surface area contributed by atoms with Gasteiger partial charge in [0.25, 0.3) is 0 Å². The quantitative estimate of drug-likeness (QED) is 0.202. The molecule has 1 aliphatic rings. The molecule has 0 N–H and O–H groups in total. The van der Waals surface area contributed by atoms with Gasteiger partial charge in [0.05, 0.1) is 23.2 Å². The molecule has 0 spiro atoms. The first kappa shape index (κ1) is 34.7. The Morgan fingerprint density at radius 2 is 0.951 bits per heavy atom.